The number of aliphatic hydroxyl groups is 2. The van der Waals surface area contributed by atoms with E-state index in [1.165, 1.54) is 0 Å². The standard InChI is InChI=1S/C14H25N2O3S2/c1-4-5-16(20-21(2)3)6-7-19-14-8-12(10-17)15-13(9-14)11-18/h8-9,17-18H,4-7,10-11H2,1-3H3/q+1. The first-order valence-electron chi connectivity index (χ1n) is 6.94. The van der Waals surface area contributed by atoms with Gasteiger partial charge in [-0.3, -0.25) is 4.98 Å². The van der Waals surface area contributed by atoms with Gasteiger partial charge in [0.05, 0.1) is 34.5 Å². The summed E-state index contributed by atoms with van der Waals surface area (Å²) in [5.74, 6) is 0.645. The number of aliphatic hydroxyl groups excluding tert-OH is 2. The quantitative estimate of drug-likeness (QED) is 0.385. The summed E-state index contributed by atoms with van der Waals surface area (Å²) in [5, 5.41) is 18.3. The highest BCUT2D eigenvalue weighted by Gasteiger charge is 2.15. The van der Waals surface area contributed by atoms with Crippen LogP contribution in [0.2, 0.25) is 0 Å². The predicted molar refractivity (Wildman–Crippen MR) is 90.2 cm³/mol. The van der Waals surface area contributed by atoms with Crippen LogP contribution in [0.5, 0.6) is 5.75 Å². The van der Waals surface area contributed by atoms with Gasteiger partial charge in [-0.05, 0) is 6.42 Å². The number of pyridine rings is 1. The predicted octanol–water partition coefficient (Wildman–Crippen LogP) is 1.60. The molecule has 0 aliphatic carbocycles. The van der Waals surface area contributed by atoms with Crippen molar-refractivity contribution in [3.8, 4) is 5.75 Å². The largest absolute Gasteiger partial charge is 0.492 e. The van der Waals surface area contributed by atoms with Gasteiger partial charge in [0.2, 0.25) is 0 Å². The van der Waals surface area contributed by atoms with Gasteiger partial charge in [-0.1, -0.05) is 6.92 Å². The fourth-order valence-corrected chi connectivity index (χ4v) is 4.32. The average molecular weight is 333 g/mol. The fourth-order valence-electron chi connectivity index (χ4n) is 1.78. The van der Waals surface area contributed by atoms with E-state index in [0.717, 1.165) is 19.5 Å². The molecule has 7 heteroatoms. The Morgan fingerprint density at radius 2 is 1.81 bits per heavy atom. The minimum absolute atomic E-state index is 0.156. The lowest BCUT2D eigenvalue weighted by Gasteiger charge is -2.17. The molecule has 0 atom stereocenters. The molecular formula is C14H25N2O3S2+. The van der Waals surface area contributed by atoms with Crippen LogP contribution in [0.25, 0.3) is 0 Å². The maximum atomic E-state index is 9.15. The highest BCUT2D eigenvalue weighted by Crippen LogP contribution is 2.18. The van der Waals surface area contributed by atoms with Crippen molar-refractivity contribution in [1.82, 2.24) is 9.29 Å². The zero-order chi connectivity index (χ0) is 15.7. The lowest BCUT2D eigenvalue weighted by Crippen LogP contribution is -2.24. The Balaban J connectivity index is 2.53. The van der Waals surface area contributed by atoms with Crippen LogP contribution in [0.3, 0.4) is 0 Å². The van der Waals surface area contributed by atoms with E-state index in [1.807, 2.05) is 11.0 Å². The van der Waals surface area contributed by atoms with Crippen LogP contribution in [0.1, 0.15) is 24.7 Å². The Morgan fingerprint density at radius 1 is 1.19 bits per heavy atom. The maximum absolute atomic E-state index is 9.15. The number of rotatable bonds is 10. The Labute approximate surface area is 133 Å². The smallest absolute Gasteiger partial charge is 0.183 e. The number of hydrogen-bond acceptors (Lipinski definition) is 6. The van der Waals surface area contributed by atoms with Crippen LogP contribution >= 0.6 is 11.0 Å². The van der Waals surface area contributed by atoms with Crippen molar-refractivity contribution in [3.05, 3.63) is 23.5 Å². The summed E-state index contributed by atoms with van der Waals surface area (Å²) >= 11 is 0. The molecule has 0 spiro atoms. The molecule has 0 bridgehead atoms. The molecule has 0 amide bonds. The third-order valence-corrected chi connectivity index (χ3v) is 4.97. The van der Waals surface area contributed by atoms with Crippen LogP contribution in [-0.4, -0.2) is 51.7 Å². The molecule has 21 heavy (non-hydrogen) atoms. The van der Waals surface area contributed by atoms with Gasteiger partial charge in [-0.25, -0.2) is 4.31 Å². The van der Waals surface area contributed by atoms with Crippen molar-refractivity contribution >= 4 is 20.9 Å². The van der Waals surface area contributed by atoms with E-state index >= 15 is 0 Å². The molecule has 0 unspecified atom stereocenters. The number of aromatic nitrogens is 1. The summed E-state index contributed by atoms with van der Waals surface area (Å²) in [4.78, 5) is 4.09. The summed E-state index contributed by atoms with van der Waals surface area (Å²) in [6.45, 7) is 4.31. The highest BCUT2D eigenvalue weighted by molar-refractivity contribution is 8.72. The molecule has 0 aliphatic heterocycles. The number of ether oxygens (including phenoxy) is 1. The molecule has 2 N–H and O–H groups in total. The van der Waals surface area contributed by atoms with Crippen LogP contribution in [0.15, 0.2) is 12.1 Å². The van der Waals surface area contributed by atoms with E-state index in [2.05, 4.69) is 28.7 Å². The van der Waals surface area contributed by atoms with Gasteiger partial charge in [0.25, 0.3) is 0 Å². The van der Waals surface area contributed by atoms with E-state index in [1.54, 1.807) is 12.1 Å². The molecule has 5 nitrogen and oxygen atoms in total. The first kappa shape index (κ1) is 18.6. The molecule has 1 aromatic heterocycles. The van der Waals surface area contributed by atoms with E-state index in [4.69, 9.17) is 14.9 Å². The summed E-state index contributed by atoms with van der Waals surface area (Å²) in [7, 11) is 2.17. The topological polar surface area (TPSA) is 65.8 Å². The summed E-state index contributed by atoms with van der Waals surface area (Å²) < 4.78 is 8.06. The molecule has 0 fully saturated rings. The fraction of sp³-hybridized carbons (Fsp3) is 0.643. The van der Waals surface area contributed by atoms with Gasteiger partial charge >= 0.3 is 0 Å². The van der Waals surface area contributed by atoms with E-state index in [9.17, 15) is 0 Å². The lowest BCUT2D eigenvalue weighted by molar-refractivity contribution is 0.257. The summed E-state index contributed by atoms with van der Waals surface area (Å²) in [6.07, 6.45) is 5.53. The van der Waals surface area contributed by atoms with E-state index < -0.39 is 0 Å². The third-order valence-electron chi connectivity index (χ3n) is 2.57. The zero-order valence-corrected chi connectivity index (χ0v) is 14.5. The molecule has 0 saturated carbocycles. The monoisotopic (exact) mass is 333 g/mol. The van der Waals surface area contributed by atoms with Crippen molar-refractivity contribution in [3.63, 3.8) is 0 Å². The summed E-state index contributed by atoms with van der Waals surface area (Å²) in [6, 6.07) is 3.42. The first-order chi connectivity index (χ1) is 10.1. The van der Waals surface area contributed by atoms with E-state index in [-0.39, 0.29) is 13.2 Å². The van der Waals surface area contributed by atoms with Gasteiger partial charge in [0, 0.05) is 25.2 Å². The molecule has 0 aliphatic rings. The van der Waals surface area contributed by atoms with Crippen molar-refractivity contribution in [1.29, 1.82) is 0 Å². The molecule has 0 saturated heterocycles. The van der Waals surface area contributed by atoms with Crippen LogP contribution in [-0.2, 0) is 23.1 Å². The lowest BCUT2D eigenvalue weighted by atomic mass is 10.3. The second-order valence-electron chi connectivity index (χ2n) is 4.70. The third kappa shape index (κ3) is 7.37. The molecule has 1 heterocycles. The Hall–Kier alpha value is -0.470. The molecular weight excluding hydrogens is 308 g/mol. The highest BCUT2D eigenvalue weighted by atomic mass is 33.1. The van der Waals surface area contributed by atoms with Gasteiger partial charge < -0.3 is 14.9 Å². The Morgan fingerprint density at radius 3 is 2.29 bits per heavy atom. The normalized spacial score (nSPS) is 11.4. The van der Waals surface area contributed by atoms with Gasteiger partial charge in [0.1, 0.15) is 24.9 Å². The van der Waals surface area contributed by atoms with Gasteiger partial charge in [-0.15, -0.1) is 0 Å². The Bertz CT molecular complexity index is 397. The van der Waals surface area contributed by atoms with Crippen molar-refractivity contribution in [2.75, 3.05) is 32.2 Å². The summed E-state index contributed by atoms with van der Waals surface area (Å²) in [5.41, 5.74) is 1.03. The van der Waals surface area contributed by atoms with Crippen molar-refractivity contribution < 1.29 is 14.9 Å². The molecule has 1 aromatic rings. The SMILES string of the molecule is CCCN(CCOc1cc(CO)nc(CO)c1)S[S+](C)C. The second kappa shape index (κ2) is 10.3. The second-order valence-corrected chi connectivity index (χ2v) is 9.29. The molecule has 120 valence electrons. The van der Waals surface area contributed by atoms with Crippen molar-refractivity contribution in [2.24, 2.45) is 0 Å². The minimum Gasteiger partial charge on any atom is -0.492 e. The number of hydrogen-bond donors (Lipinski definition) is 2. The maximum Gasteiger partial charge on any atom is 0.183 e. The van der Waals surface area contributed by atoms with Crippen LogP contribution < -0.4 is 4.74 Å². The van der Waals surface area contributed by atoms with Gasteiger partial charge in [0.15, 0.2) is 11.0 Å². The minimum atomic E-state index is -0.156. The molecule has 0 aromatic carbocycles. The van der Waals surface area contributed by atoms with Crippen LogP contribution in [0.4, 0.5) is 0 Å². The first-order valence-corrected chi connectivity index (χ1v) is 10.3. The van der Waals surface area contributed by atoms with Crippen molar-refractivity contribution in [2.45, 2.75) is 26.6 Å². The van der Waals surface area contributed by atoms with Crippen LogP contribution in [0, 0.1) is 0 Å². The number of nitrogens with zero attached hydrogens (tertiary/aromatic N) is 2. The average Bonchev–Trinajstić information content (AvgIpc) is 2.46. The van der Waals surface area contributed by atoms with Gasteiger partial charge in [-0.2, -0.15) is 0 Å². The zero-order valence-electron chi connectivity index (χ0n) is 12.9. The Kier molecular flexibility index (Phi) is 9.10. The molecule has 1 rings (SSSR count). The molecule has 0 radical (unpaired) electrons. The van der Waals surface area contributed by atoms with E-state index in [0.29, 0.717) is 33.7 Å².